The van der Waals surface area contributed by atoms with E-state index in [2.05, 4.69) is 30.5 Å². The minimum Gasteiger partial charge on any atom is -0.337 e. The zero-order chi connectivity index (χ0) is 30.3. The molecule has 43 heavy (non-hydrogen) atoms. The number of nitrogens with one attached hydrogen (secondary N) is 3. The summed E-state index contributed by atoms with van der Waals surface area (Å²) in [7, 11) is -3.23. The molecule has 0 saturated carbocycles. The number of rotatable bonds is 8. The molecule has 1 amide bonds. The summed E-state index contributed by atoms with van der Waals surface area (Å²) < 4.78 is 53.1. The Hall–Kier alpha value is -5.04. The molecule has 4 heterocycles. The number of aromatic amines is 2. The molecule has 6 aromatic rings. The third-order valence-corrected chi connectivity index (χ3v) is 7.86. The van der Waals surface area contributed by atoms with Crippen LogP contribution < -0.4 is 5.32 Å². The smallest absolute Gasteiger partial charge is 0.224 e. The lowest BCUT2D eigenvalue weighted by atomic mass is 10.0. The number of imidazole rings is 1. The number of aromatic nitrogens is 6. The molecule has 0 radical (unpaired) electrons. The average Bonchev–Trinajstić information content (AvgIpc) is 3.60. The average molecular weight is 602 g/mol. The van der Waals surface area contributed by atoms with E-state index in [-0.39, 0.29) is 23.6 Å². The number of pyridine rings is 2. The van der Waals surface area contributed by atoms with Crippen LogP contribution in [0.5, 0.6) is 0 Å². The van der Waals surface area contributed by atoms with Crippen LogP contribution in [-0.2, 0) is 21.1 Å². The van der Waals surface area contributed by atoms with Crippen LogP contribution in [0.4, 0.5) is 14.5 Å². The summed E-state index contributed by atoms with van der Waals surface area (Å²) in [6.45, 7) is 1.74. The van der Waals surface area contributed by atoms with E-state index in [1.54, 1.807) is 43.6 Å². The zero-order valence-electron chi connectivity index (χ0n) is 23.1. The fraction of sp³-hybridized carbons (Fsp3) is 0.167. The van der Waals surface area contributed by atoms with Gasteiger partial charge in [-0.2, -0.15) is 5.10 Å². The molecule has 2 aromatic carbocycles. The fourth-order valence-corrected chi connectivity index (χ4v) is 5.44. The Morgan fingerprint density at radius 1 is 1.00 bits per heavy atom. The van der Waals surface area contributed by atoms with Crippen molar-refractivity contribution in [2.24, 2.45) is 0 Å². The first-order valence-electron chi connectivity index (χ1n) is 13.3. The second-order valence-electron chi connectivity index (χ2n) is 10.2. The molecular weight excluding hydrogens is 576 g/mol. The van der Waals surface area contributed by atoms with Gasteiger partial charge in [0.2, 0.25) is 5.91 Å². The summed E-state index contributed by atoms with van der Waals surface area (Å²) in [5, 5.41) is 10.2. The maximum Gasteiger partial charge on any atom is 0.224 e. The SMILES string of the molecule is CCC(=O)Nc1cncc(-c2cc(F)c3n[nH]c(-c4nc5c(-c6cc(F)cc(CCS(C)(=O)=O)c6)nccc5[nH]4)c3c2)c1. The molecule has 0 aliphatic rings. The predicted octanol–water partition coefficient (Wildman–Crippen LogP) is 5.44. The highest BCUT2D eigenvalue weighted by atomic mass is 32.2. The maximum absolute atomic E-state index is 15.2. The Morgan fingerprint density at radius 3 is 2.63 bits per heavy atom. The molecule has 0 aliphatic carbocycles. The molecule has 0 aliphatic heterocycles. The summed E-state index contributed by atoms with van der Waals surface area (Å²) >= 11 is 0. The van der Waals surface area contributed by atoms with Crippen LogP contribution in [0.1, 0.15) is 18.9 Å². The van der Waals surface area contributed by atoms with Gasteiger partial charge in [-0.15, -0.1) is 0 Å². The lowest BCUT2D eigenvalue weighted by molar-refractivity contribution is -0.115. The van der Waals surface area contributed by atoms with Crippen molar-refractivity contribution in [3.05, 3.63) is 78.3 Å². The van der Waals surface area contributed by atoms with E-state index in [1.165, 1.54) is 24.4 Å². The van der Waals surface area contributed by atoms with Crippen molar-refractivity contribution in [3.8, 4) is 33.9 Å². The summed E-state index contributed by atoms with van der Waals surface area (Å²) in [6.07, 6.45) is 6.24. The summed E-state index contributed by atoms with van der Waals surface area (Å²) in [4.78, 5) is 28.4. The van der Waals surface area contributed by atoms with Crippen molar-refractivity contribution >= 4 is 43.4 Å². The van der Waals surface area contributed by atoms with E-state index in [0.717, 1.165) is 6.26 Å². The Kier molecular flexibility index (Phi) is 7.18. The van der Waals surface area contributed by atoms with Crippen LogP contribution in [0.15, 0.2) is 61.1 Å². The number of carbonyl (C=O) groups excluding carboxylic acids is 1. The largest absolute Gasteiger partial charge is 0.337 e. The molecular formula is C30H25F2N7O3S. The lowest BCUT2D eigenvalue weighted by Crippen LogP contribution is -2.09. The number of anilines is 1. The number of carbonyl (C=O) groups is 1. The van der Waals surface area contributed by atoms with Gasteiger partial charge in [0.1, 0.15) is 32.4 Å². The number of H-pyrrole nitrogens is 2. The second-order valence-corrected chi connectivity index (χ2v) is 12.4. The fourth-order valence-electron chi connectivity index (χ4n) is 4.84. The van der Waals surface area contributed by atoms with Crippen LogP contribution in [0.3, 0.4) is 0 Å². The highest BCUT2D eigenvalue weighted by Gasteiger charge is 2.19. The zero-order valence-corrected chi connectivity index (χ0v) is 23.9. The summed E-state index contributed by atoms with van der Waals surface area (Å²) in [5.74, 6) is -0.998. The second kappa shape index (κ2) is 11.0. The number of amides is 1. The minimum atomic E-state index is -3.23. The molecule has 0 fully saturated rings. The van der Waals surface area contributed by atoms with Crippen LogP contribution in [0.2, 0.25) is 0 Å². The monoisotopic (exact) mass is 601 g/mol. The number of fused-ring (bicyclic) bond motifs is 2. The van der Waals surface area contributed by atoms with Crippen molar-refractivity contribution in [3.63, 3.8) is 0 Å². The Morgan fingerprint density at radius 2 is 1.84 bits per heavy atom. The van der Waals surface area contributed by atoms with Crippen LogP contribution in [-0.4, -0.2) is 56.5 Å². The number of benzene rings is 2. The first-order chi connectivity index (χ1) is 20.6. The van der Waals surface area contributed by atoms with Gasteiger partial charge >= 0.3 is 0 Å². The third-order valence-electron chi connectivity index (χ3n) is 6.92. The Balaban J connectivity index is 1.41. The van der Waals surface area contributed by atoms with E-state index in [4.69, 9.17) is 4.98 Å². The number of hydrogen-bond donors (Lipinski definition) is 3. The van der Waals surface area contributed by atoms with Crippen molar-refractivity contribution in [2.45, 2.75) is 19.8 Å². The quantitative estimate of drug-likeness (QED) is 0.210. The van der Waals surface area contributed by atoms with Crippen molar-refractivity contribution < 1.29 is 22.0 Å². The summed E-state index contributed by atoms with van der Waals surface area (Å²) in [5.41, 5.74) is 4.55. The number of aryl methyl sites for hydroxylation is 1. The lowest BCUT2D eigenvalue weighted by Gasteiger charge is -2.07. The summed E-state index contributed by atoms with van der Waals surface area (Å²) in [6, 6.07) is 10.8. The normalized spacial score (nSPS) is 11.8. The van der Waals surface area contributed by atoms with E-state index >= 15 is 4.39 Å². The van der Waals surface area contributed by atoms with E-state index in [0.29, 0.717) is 68.0 Å². The van der Waals surface area contributed by atoms with Crippen molar-refractivity contribution in [2.75, 3.05) is 17.3 Å². The molecule has 0 unspecified atom stereocenters. The van der Waals surface area contributed by atoms with Gasteiger partial charge in [0.25, 0.3) is 0 Å². The number of nitrogens with zero attached hydrogens (tertiary/aromatic N) is 4. The standard InChI is InChI=1S/C30H25F2N7O3S/c1-3-25(40)35-21-11-19(14-33-15-21)17-12-22-27(23(32)13-17)38-39-28(22)30-36-24-4-6-34-26(29(24)37-30)18-8-16(9-20(31)10-18)5-7-43(2,41)42/h4,6,8-15H,3,5,7H2,1-2H3,(H,35,40)(H,36,37)(H,38,39). The van der Waals surface area contributed by atoms with Gasteiger partial charge < -0.3 is 10.3 Å². The van der Waals surface area contributed by atoms with Gasteiger partial charge in [-0.05, 0) is 60.0 Å². The molecule has 6 rings (SSSR count). The third kappa shape index (κ3) is 5.84. The van der Waals surface area contributed by atoms with Crippen molar-refractivity contribution in [1.29, 1.82) is 0 Å². The topological polar surface area (TPSA) is 146 Å². The first-order valence-corrected chi connectivity index (χ1v) is 15.4. The first kappa shape index (κ1) is 28.1. The molecule has 0 atom stereocenters. The molecule has 0 spiro atoms. The highest BCUT2D eigenvalue weighted by Crippen LogP contribution is 2.34. The van der Waals surface area contributed by atoms with Gasteiger partial charge in [0, 0.05) is 41.6 Å². The Bertz CT molecular complexity index is 2140. The van der Waals surface area contributed by atoms with Crippen molar-refractivity contribution in [1.82, 2.24) is 30.1 Å². The maximum atomic E-state index is 15.2. The van der Waals surface area contributed by atoms with Gasteiger partial charge in [-0.3, -0.25) is 19.9 Å². The Labute approximate surface area is 244 Å². The predicted molar refractivity (Wildman–Crippen MR) is 160 cm³/mol. The van der Waals surface area contributed by atoms with Gasteiger partial charge in [0.15, 0.2) is 11.6 Å². The molecule has 4 aromatic heterocycles. The number of hydrogen-bond acceptors (Lipinski definition) is 7. The van der Waals surface area contributed by atoms with Gasteiger partial charge in [0.05, 0.1) is 28.8 Å². The molecule has 218 valence electrons. The number of halogens is 2. The van der Waals surface area contributed by atoms with E-state index < -0.39 is 21.5 Å². The highest BCUT2D eigenvalue weighted by molar-refractivity contribution is 7.90. The molecule has 3 N–H and O–H groups in total. The number of sulfone groups is 1. The van der Waals surface area contributed by atoms with Crippen LogP contribution >= 0.6 is 0 Å². The molecule has 10 nitrogen and oxygen atoms in total. The van der Waals surface area contributed by atoms with E-state index in [1.807, 2.05) is 0 Å². The van der Waals surface area contributed by atoms with Gasteiger partial charge in [-0.25, -0.2) is 22.2 Å². The minimum absolute atomic E-state index is 0.112. The van der Waals surface area contributed by atoms with Gasteiger partial charge in [-0.1, -0.05) is 6.92 Å². The van der Waals surface area contributed by atoms with E-state index in [9.17, 15) is 17.6 Å². The molecule has 13 heteroatoms. The van der Waals surface area contributed by atoms with Crippen LogP contribution in [0.25, 0.3) is 55.8 Å². The van der Waals surface area contributed by atoms with Crippen LogP contribution in [0, 0.1) is 11.6 Å². The molecule has 0 bridgehead atoms. The molecule has 0 saturated heterocycles.